The summed E-state index contributed by atoms with van der Waals surface area (Å²) in [7, 11) is 0. The Morgan fingerprint density at radius 1 is 1.00 bits per heavy atom. The van der Waals surface area contributed by atoms with E-state index in [1.165, 1.54) is 12.5 Å². The van der Waals surface area contributed by atoms with E-state index in [1.807, 2.05) is 6.92 Å². The highest BCUT2D eigenvalue weighted by molar-refractivity contribution is 5.52. The van der Waals surface area contributed by atoms with Crippen LogP contribution in [0.2, 0.25) is 0 Å². The summed E-state index contributed by atoms with van der Waals surface area (Å²) in [6, 6.07) is 3.03. The zero-order valence-electron chi connectivity index (χ0n) is 15.7. The predicted octanol–water partition coefficient (Wildman–Crippen LogP) is 4.15. The van der Waals surface area contributed by atoms with Crippen LogP contribution in [-0.4, -0.2) is 26.5 Å². The lowest BCUT2D eigenvalue weighted by molar-refractivity contribution is -0.268. The van der Waals surface area contributed by atoms with Crippen molar-refractivity contribution in [3.63, 3.8) is 0 Å². The first-order valence-corrected chi connectivity index (χ1v) is 9.49. The summed E-state index contributed by atoms with van der Waals surface area (Å²) in [5.74, 6) is 0.699. The molecule has 3 aliphatic rings. The van der Waals surface area contributed by atoms with Crippen LogP contribution < -0.4 is 4.74 Å². The van der Waals surface area contributed by atoms with Gasteiger partial charge in [0.2, 0.25) is 0 Å². The number of aromatic hydroxyl groups is 2. The zero-order chi connectivity index (χ0) is 18.3. The fraction of sp³-hybridized carbons (Fsp3) is 0.714. The molecule has 0 radical (unpaired) electrons. The first kappa shape index (κ1) is 17.0. The number of hydrogen-bond donors (Lipinski definition) is 3. The summed E-state index contributed by atoms with van der Waals surface area (Å²) in [5.41, 5.74) is -0.909. The van der Waals surface area contributed by atoms with Crippen LogP contribution in [0.3, 0.4) is 0 Å². The van der Waals surface area contributed by atoms with Gasteiger partial charge in [0, 0.05) is 23.5 Å². The maximum absolute atomic E-state index is 12.1. The van der Waals surface area contributed by atoms with Gasteiger partial charge in [0.15, 0.2) is 11.5 Å². The van der Waals surface area contributed by atoms with E-state index >= 15 is 0 Å². The van der Waals surface area contributed by atoms with Gasteiger partial charge in [-0.05, 0) is 50.0 Å². The lowest BCUT2D eigenvalue weighted by Crippen LogP contribution is -2.73. The largest absolute Gasteiger partial charge is 0.504 e. The number of hydrogen-bond acceptors (Lipinski definition) is 4. The van der Waals surface area contributed by atoms with Crippen LogP contribution in [0, 0.1) is 16.7 Å². The van der Waals surface area contributed by atoms with Gasteiger partial charge < -0.3 is 20.1 Å². The summed E-state index contributed by atoms with van der Waals surface area (Å²) in [6.45, 7) is 8.93. The molecule has 4 atom stereocenters. The highest BCUT2D eigenvalue weighted by Crippen LogP contribution is 2.66. The van der Waals surface area contributed by atoms with Crippen molar-refractivity contribution < 1.29 is 20.1 Å². The van der Waals surface area contributed by atoms with E-state index in [-0.39, 0.29) is 22.3 Å². The molecule has 1 heterocycles. The summed E-state index contributed by atoms with van der Waals surface area (Å²) in [4.78, 5) is 0. The molecule has 2 saturated carbocycles. The van der Waals surface area contributed by atoms with Gasteiger partial charge in [-0.1, -0.05) is 27.2 Å². The molecular weight excluding hydrogens is 316 g/mol. The smallest absolute Gasteiger partial charge is 0.161 e. The third-order valence-corrected chi connectivity index (χ3v) is 7.90. The molecule has 0 saturated heterocycles. The number of ether oxygens (including phenoxy) is 1. The van der Waals surface area contributed by atoms with Gasteiger partial charge in [-0.25, -0.2) is 0 Å². The average molecular weight is 346 g/mol. The molecule has 25 heavy (non-hydrogen) atoms. The molecule has 1 aromatic rings. The van der Waals surface area contributed by atoms with Crippen molar-refractivity contribution >= 4 is 0 Å². The molecule has 4 nitrogen and oxygen atoms in total. The molecule has 4 rings (SSSR count). The second kappa shape index (κ2) is 4.85. The van der Waals surface area contributed by atoms with E-state index in [2.05, 4.69) is 20.8 Å². The Hall–Kier alpha value is -1.42. The van der Waals surface area contributed by atoms with Crippen molar-refractivity contribution in [2.45, 2.75) is 77.4 Å². The Morgan fingerprint density at radius 3 is 2.40 bits per heavy atom. The summed E-state index contributed by atoms with van der Waals surface area (Å²) < 4.78 is 6.32. The Morgan fingerprint density at radius 2 is 1.68 bits per heavy atom. The molecule has 2 fully saturated rings. The van der Waals surface area contributed by atoms with Crippen LogP contribution in [0.5, 0.6) is 17.2 Å². The molecule has 0 unspecified atom stereocenters. The van der Waals surface area contributed by atoms with Gasteiger partial charge in [0.25, 0.3) is 0 Å². The SMILES string of the molecule is CC1(C)CCC[C@@]2(C)[C@H]1CC[C@]1(C)Oc3cc(O)c(O)cc3C[C@]21O. The maximum Gasteiger partial charge on any atom is 0.161 e. The standard InChI is InChI=1S/C21H30O4/c1-18(2)7-5-8-19(3)17(18)6-9-20(4)21(19,24)12-13-10-14(22)15(23)11-16(13)25-20/h10-11,17,22-24H,5-9,12H2,1-4H3/t17-,19-,20-,21-/m0/s1. The van der Waals surface area contributed by atoms with Crippen molar-refractivity contribution in [2.75, 3.05) is 0 Å². The molecule has 1 aromatic carbocycles. The van der Waals surface area contributed by atoms with Crippen LogP contribution in [0.25, 0.3) is 0 Å². The fourth-order valence-corrected chi connectivity index (χ4v) is 6.43. The molecule has 0 aromatic heterocycles. The second-order valence-corrected chi connectivity index (χ2v) is 9.67. The van der Waals surface area contributed by atoms with Crippen LogP contribution in [0.15, 0.2) is 12.1 Å². The van der Waals surface area contributed by atoms with E-state index in [4.69, 9.17) is 4.74 Å². The number of benzene rings is 1. The van der Waals surface area contributed by atoms with Crippen molar-refractivity contribution in [1.82, 2.24) is 0 Å². The minimum absolute atomic E-state index is 0.156. The summed E-state index contributed by atoms with van der Waals surface area (Å²) in [5, 5.41) is 31.8. The first-order chi connectivity index (χ1) is 11.5. The quantitative estimate of drug-likeness (QED) is 0.617. The van der Waals surface area contributed by atoms with Gasteiger partial charge in [0.05, 0.1) is 0 Å². The third-order valence-electron chi connectivity index (χ3n) is 7.90. The number of phenolic OH excluding ortho intramolecular Hbond substituents is 2. The molecule has 0 bridgehead atoms. The average Bonchev–Trinajstić information content (AvgIpc) is 2.48. The topological polar surface area (TPSA) is 69.9 Å². The Labute approximate surface area is 149 Å². The molecule has 3 N–H and O–H groups in total. The molecule has 138 valence electrons. The van der Waals surface area contributed by atoms with Gasteiger partial charge in [-0.15, -0.1) is 0 Å². The van der Waals surface area contributed by atoms with Gasteiger partial charge >= 0.3 is 0 Å². The van der Waals surface area contributed by atoms with E-state index < -0.39 is 11.2 Å². The Balaban J connectivity index is 1.85. The second-order valence-electron chi connectivity index (χ2n) is 9.67. The minimum atomic E-state index is -0.989. The molecule has 0 amide bonds. The highest BCUT2D eigenvalue weighted by atomic mass is 16.5. The van der Waals surface area contributed by atoms with E-state index in [1.54, 1.807) is 6.07 Å². The van der Waals surface area contributed by atoms with Crippen LogP contribution >= 0.6 is 0 Å². The molecule has 0 spiro atoms. The summed E-state index contributed by atoms with van der Waals surface area (Å²) in [6.07, 6.45) is 5.61. The normalized spacial score (nSPS) is 41.9. The number of rotatable bonds is 0. The highest BCUT2D eigenvalue weighted by Gasteiger charge is 2.69. The van der Waals surface area contributed by atoms with E-state index in [9.17, 15) is 15.3 Å². The van der Waals surface area contributed by atoms with E-state index in [0.717, 1.165) is 31.2 Å². The molecule has 2 aliphatic carbocycles. The van der Waals surface area contributed by atoms with Gasteiger partial charge in [-0.3, -0.25) is 0 Å². The molecule has 4 heteroatoms. The lowest BCUT2D eigenvalue weighted by Gasteiger charge is -2.67. The Bertz CT molecular complexity index is 727. The third kappa shape index (κ3) is 2.03. The lowest BCUT2D eigenvalue weighted by atomic mass is 9.42. The number of fused-ring (bicyclic) bond motifs is 4. The zero-order valence-corrected chi connectivity index (χ0v) is 15.7. The number of aliphatic hydroxyl groups is 1. The first-order valence-electron chi connectivity index (χ1n) is 9.49. The Kier molecular flexibility index (Phi) is 3.30. The van der Waals surface area contributed by atoms with Crippen LogP contribution in [-0.2, 0) is 6.42 Å². The van der Waals surface area contributed by atoms with Crippen molar-refractivity contribution in [1.29, 1.82) is 0 Å². The van der Waals surface area contributed by atoms with Crippen LogP contribution in [0.4, 0.5) is 0 Å². The summed E-state index contributed by atoms with van der Waals surface area (Å²) >= 11 is 0. The fourth-order valence-electron chi connectivity index (χ4n) is 6.43. The van der Waals surface area contributed by atoms with Gasteiger partial charge in [0.1, 0.15) is 17.0 Å². The van der Waals surface area contributed by atoms with Gasteiger partial charge in [-0.2, -0.15) is 0 Å². The van der Waals surface area contributed by atoms with Crippen molar-refractivity contribution in [3.8, 4) is 17.2 Å². The van der Waals surface area contributed by atoms with Crippen molar-refractivity contribution in [2.24, 2.45) is 16.7 Å². The maximum atomic E-state index is 12.1. The van der Waals surface area contributed by atoms with Crippen LogP contribution in [0.1, 0.15) is 65.4 Å². The number of phenols is 2. The minimum Gasteiger partial charge on any atom is -0.504 e. The molecule has 1 aliphatic heterocycles. The van der Waals surface area contributed by atoms with Crippen molar-refractivity contribution in [3.05, 3.63) is 17.7 Å². The predicted molar refractivity (Wildman–Crippen MR) is 95.9 cm³/mol. The monoisotopic (exact) mass is 346 g/mol. The molecular formula is C21H30O4. The van der Waals surface area contributed by atoms with E-state index in [0.29, 0.717) is 18.1 Å².